The Balaban J connectivity index is 1.90. The van der Waals surface area contributed by atoms with Gasteiger partial charge in [0.15, 0.2) is 0 Å². The Morgan fingerprint density at radius 1 is 1.05 bits per heavy atom. The van der Waals surface area contributed by atoms with Crippen LogP contribution in [0.15, 0.2) is 48.5 Å². The molecular weight excluding hydrogens is 269 g/mol. The topological polar surface area (TPSA) is 67.1 Å². The van der Waals surface area contributed by atoms with Gasteiger partial charge in [-0.25, -0.2) is 4.39 Å². The average Bonchev–Trinajstić information content (AvgIpc) is 2.52. The van der Waals surface area contributed by atoms with E-state index in [4.69, 9.17) is 5.73 Å². The fraction of sp³-hybridized carbons (Fsp3) is 0.188. The van der Waals surface area contributed by atoms with E-state index in [0.29, 0.717) is 25.2 Å². The van der Waals surface area contributed by atoms with Crippen LogP contribution in [0, 0.1) is 5.82 Å². The zero-order valence-electron chi connectivity index (χ0n) is 11.6. The number of nitrogens with two attached hydrogens (primary N) is 1. The molecule has 0 radical (unpaired) electrons. The summed E-state index contributed by atoms with van der Waals surface area (Å²) < 4.78 is 12.8. The Morgan fingerprint density at radius 2 is 1.71 bits per heavy atom. The predicted molar refractivity (Wildman–Crippen MR) is 81.6 cm³/mol. The summed E-state index contributed by atoms with van der Waals surface area (Å²) >= 11 is 0. The highest BCUT2D eigenvalue weighted by Gasteiger charge is 2.03. The van der Waals surface area contributed by atoms with Crippen LogP contribution in [-0.2, 0) is 6.54 Å². The number of hydrogen-bond donors (Lipinski definition) is 3. The third kappa shape index (κ3) is 4.57. The van der Waals surface area contributed by atoms with Gasteiger partial charge in [-0.1, -0.05) is 12.1 Å². The third-order valence-electron chi connectivity index (χ3n) is 2.99. The van der Waals surface area contributed by atoms with Crippen LogP contribution in [-0.4, -0.2) is 19.0 Å². The van der Waals surface area contributed by atoms with E-state index in [-0.39, 0.29) is 11.7 Å². The molecule has 1 amide bonds. The van der Waals surface area contributed by atoms with Gasteiger partial charge in [0.25, 0.3) is 5.91 Å². The van der Waals surface area contributed by atoms with Crippen molar-refractivity contribution in [3.05, 3.63) is 65.5 Å². The Bertz CT molecular complexity index is 581. The van der Waals surface area contributed by atoms with Crippen molar-refractivity contribution in [2.75, 3.05) is 18.4 Å². The lowest BCUT2D eigenvalue weighted by atomic mass is 10.1. The van der Waals surface area contributed by atoms with Gasteiger partial charge in [-0.15, -0.1) is 0 Å². The monoisotopic (exact) mass is 287 g/mol. The summed E-state index contributed by atoms with van der Waals surface area (Å²) in [7, 11) is 0. The van der Waals surface area contributed by atoms with Crippen molar-refractivity contribution in [1.29, 1.82) is 0 Å². The molecule has 4 nitrogen and oxygen atoms in total. The number of halogens is 1. The lowest BCUT2D eigenvalue weighted by Gasteiger charge is -2.08. The van der Waals surface area contributed by atoms with E-state index in [9.17, 15) is 9.18 Å². The molecule has 0 saturated heterocycles. The van der Waals surface area contributed by atoms with Crippen LogP contribution in [0.25, 0.3) is 0 Å². The molecule has 0 aromatic heterocycles. The molecule has 0 aliphatic rings. The van der Waals surface area contributed by atoms with Crippen molar-refractivity contribution in [3.63, 3.8) is 0 Å². The van der Waals surface area contributed by atoms with Crippen molar-refractivity contribution in [2.45, 2.75) is 6.54 Å². The number of nitrogens with one attached hydrogen (secondary N) is 2. The molecule has 2 rings (SSSR count). The molecule has 0 bridgehead atoms. The fourth-order valence-electron chi connectivity index (χ4n) is 1.83. The molecule has 0 heterocycles. The Morgan fingerprint density at radius 3 is 2.33 bits per heavy atom. The quantitative estimate of drug-likeness (QED) is 0.762. The fourth-order valence-corrected chi connectivity index (χ4v) is 1.83. The first kappa shape index (κ1) is 15.0. The van der Waals surface area contributed by atoms with Gasteiger partial charge >= 0.3 is 0 Å². The van der Waals surface area contributed by atoms with Crippen LogP contribution in [0.5, 0.6) is 0 Å². The summed E-state index contributed by atoms with van der Waals surface area (Å²) in [5, 5.41) is 5.93. The minimum absolute atomic E-state index is 0.134. The normalized spacial score (nSPS) is 10.2. The first-order valence-corrected chi connectivity index (χ1v) is 6.75. The van der Waals surface area contributed by atoms with Gasteiger partial charge in [0.2, 0.25) is 0 Å². The van der Waals surface area contributed by atoms with E-state index in [0.717, 1.165) is 11.3 Å². The van der Waals surface area contributed by atoms with Crippen LogP contribution < -0.4 is 16.4 Å². The smallest absolute Gasteiger partial charge is 0.251 e. The maximum Gasteiger partial charge on any atom is 0.251 e. The largest absolute Gasteiger partial charge is 0.381 e. The molecule has 0 aliphatic carbocycles. The molecule has 2 aromatic rings. The second kappa shape index (κ2) is 7.40. The van der Waals surface area contributed by atoms with Gasteiger partial charge in [-0.05, 0) is 42.0 Å². The Labute approximate surface area is 123 Å². The molecule has 0 saturated carbocycles. The Hall–Kier alpha value is -2.40. The molecule has 0 fully saturated rings. The summed E-state index contributed by atoms with van der Waals surface area (Å²) in [4.78, 5) is 11.7. The molecular formula is C16H18FN3O. The van der Waals surface area contributed by atoms with Gasteiger partial charge in [0.1, 0.15) is 5.82 Å². The zero-order valence-corrected chi connectivity index (χ0v) is 11.6. The van der Waals surface area contributed by atoms with Crippen molar-refractivity contribution >= 4 is 11.6 Å². The van der Waals surface area contributed by atoms with E-state index in [1.807, 2.05) is 12.1 Å². The van der Waals surface area contributed by atoms with Crippen molar-refractivity contribution in [1.82, 2.24) is 5.32 Å². The summed E-state index contributed by atoms with van der Waals surface area (Å²) in [6.07, 6.45) is 0. The number of carbonyl (C=O) groups excluding carboxylic acids is 1. The van der Waals surface area contributed by atoms with Gasteiger partial charge in [-0.3, -0.25) is 4.79 Å². The lowest BCUT2D eigenvalue weighted by molar-refractivity contribution is 0.0955. The molecule has 0 atom stereocenters. The molecule has 0 unspecified atom stereocenters. The number of benzene rings is 2. The van der Waals surface area contributed by atoms with Crippen molar-refractivity contribution in [3.8, 4) is 0 Å². The lowest BCUT2D eigenvalue weighted by Crippen LogP contribution is -2.28. The summed E-state index contributed by atoms with van der Waals surface area (Å²) in [6.45, 7) is 1.48. The first-order chi connectivity index (χ1) is 10.2. The van der Waals surface area contributed by atoms with Crippen molar-refractivity contribution in [2.24, 2.45) is 5.73 Å². The van der Waals surface area contributed by atoms with Gasteiger partial charge in [0, 0.05) is 30.9 Å². The van der Waals surface area contributed by atoms with E-state index in [1.165, 1.54) is 12.1 Å². The second-order valence-electron chi connectivity index (χ2n) is 4.60. The SMILES string of the molecule is NCCNC(=O)c1ccc(NCc2ccc(F)cc2)cc1. The summed E-state index contributed by atoms with van der Waals surface area (Å²) in [5.41, 5.74) is 7.81. The van der Waals surface area contributed by atoms with Crippen molar-refractivity contribution < 1.29 is 9.18 Å². The van der Waals surface area contributed by atoms with E-state index < -0.39 is 0 Å². The minimum Gasteiger partial charge on any atom is -0.381 e. The van der Waals surface area contributed by atoms with Crippen LogP contribution >= 0.6 is 0 Å². The number of rotatable bonds is 6. The standard InChI is InChI=1S/C16H18FN3O/c17-14-5-1-12(2-6-14)11-20-15-7-3-13(4-8-15)16(21)19-10-9-18/h1-8,20H,9-11,18H2,(H,19,21). The predicted octanol–water partition coefficient (Wildman–Crippen LogP) is 2.13. The highest BCUT2D eigenvalue weighted by Crippen LogP contribution is 2.11. The van der Waals surface area contributed by atoms with E-state index in [2.05, 4.69) is 10.6 Å². The highest BCUT2D eigenvalue weighted by atomic mass is 19.1. The van der Waals surface area contributed by atoms with Crippen LogP contribution in [0.1, 0.15) is 15.9 Å². The number of amides is 1. The van der Waals surface area contributed by atoms with E-state index >= 15 is 0 Å². The summed E-state index contributed by atoms with van der Waals surface area (Å²) in [6, 6.07) is 13.5. The number of carbonyl (C=O) groups is 1. The van der Waals surface area contributed by atoms with Crippen LogP contribution in [0.2, 0.25) is 0 Å². The second-order valence-corrected chi connectivity index (χ2v) is 4.60. The molecule has 0 spiro atoms. The van der Waals surface area contributed by atoms with Gasteiger partial charge in [-0.2, -0.15) is 0 Å². The van der Waals surface area contributed by atoms with E-state index in [1.54, 1.807) is 24.3 Å². The van der Waals surface area contributed by atoms with Crippen LogP contribution in [0.4, 0.5) is 10.1 Å². The molecule has 5 heteroatoms. The molecule has 110 valence electrons. The first-order valence-electron chi connectivity index (χ1n) is 6.75. The maximum absolute atomic E-state index is 12.8. The Kier molecular flexibility index (Phi) is 5.29. The summed E-state index contributed by atoms with van der Waals surface area (Å²) in [5.74, 6) is -0.378. The minimum atomic E-state index is -0.244. The number of anilines is 1. The molecule has 0 aliphatic heterocycles. The average molecular weight is 287 g/mol. The number of hydrogen-bond acceptors (Lipinski definition) is 3. The molecule has 4 N–H and O–H groups in total. The maximum atomic E-state index is 12.8. The third-order valence-corrected chi connectivity index (χ3v) is 2.99. The highest BCUT2D eigenvalue weighted by molar-refractivity contribution is 5.94. The van der Waals surface area contributed by atoms with Crippen LogP contribution in [0.3, 0.4) is 0 Å². The van der Waals surface area contributed by atoms with Gasteiger partial charge < -0.3 is 16.4 Å². The zero-order chi connectivity index (χ0) is 15.1. The van der Waals surface area contributed by atoms with Gasteiger partial charge in [0.05, 0.1) is 0 Å². The molecule has 2 aromatic carbocycles. The molecule has 21 heavy (non-hydrogen) atoms.